The number of nitrogens with zero attached hydrogens (tertiary/aromatic N) is 1. The van der Waals surface area contributed by atoms with Crippen molar-refractivity contribution in [3.8, 4) is 0 Å². The summed E-state index contributed by atoms with van der Waals surface area (Å²) in [5.74, 6) is -3.08. The summed E-state index contributed by atoms with van der Waals surface area (Å²) in [5, 5.41) is 0.899. The SMILES string of the molecule is O=C1NN(C(=O)c2ccccc2)C(=O)C2C(c3ccccc3)C=CC(c3ccccc3)C12. The van der Waals surface area contributed by atoms with E-state index in [9.17, 15) is 14.4 Å². The smallest absolute Gasteiger partial charge is 0.273 e. The summed E-state index contributed by atoms with van der Waals surface area (Å²) in [7, 11) is 0. The Hall–Kier alpha value is -3.99. The van der Waals surface area contributed by atoms with Gasteiger partial charge in [-0.25, -0.2) is 0 Å². The highest BCUT2D eigenvalue weighted by Gasteiger charge is 2.52. The molecule has 32 heavy (non-hydrogen) atoms. The van der Waals surface area contributed by atoms with E-state index >= 15 is 0 Å². The third-order valence-corrected chi connectivity index (χ3v) is 6.31. The Morgan fingerprint density at radius 2 is 1.12 bits per heavy atom. The maximum absolute atomic E-state index is 13.7. The van der Waals surface area contributed by atoms with Crippen LogP contribution in [0, 0.1) is 11.8 Å². The van der Waals surface area contributed by atoms with E-state index in [0.29, 0.717) is 5.56 Å². The van der Waals surface area contributed by atoms with Gasteiger partial charge in [-0.1, -0.05) is 91.0 Å². The van der Waals surface area contributed by atoms with Crippen molar-refractivity contribution in [1.29, 1.82) is 0 Å². The van der Waals surface area contributed by atoms with E-state index < -0.39 is 17.7 Å². The summed E-state index contributed by atoms with van der Waals surface area (Å²) < 4.78 is 0. The highest BCUT2D eigenvalue weighted by atomic mass is 16.2. The molecule has 0 aromatic heterocycles. The van der Waals surface area contributed by atoms with Crippen LogP contribution in [0.25, 0.3) is 0 Å². The summed E-state index contributed by atoms with van der Waals surface area (Å²) in [6.45, 7) is 0. The molecule has 1 heterocycles. The summed E-state index contributed by atoms with van der Waals surface area (Å²) in [6.07, 6.45) is 4.03. The van der Waals surface area contributed by atoms with Crippen molar-refractivity contribution in [1.82, 2.24) is 10.4 Å². The highest BCUT2D eigenvalue weighted by molar-refractivity contribution is 6.09. The van der Waals surface area contributed by atoms with Gasteiger partial charge in [-0.15, -0.1) is 0 Å². The molecule has 5 rings (SSSR count). The molecule has 3 aromatic carbocycles. The van der Waals surface area contributed by atoms with Crippen molar-refractivity contribution < 1.29 is 14.4 Å². The van der Waals surface area contributed by atoms with Gasteiger partial charge in [0.15, 0.2) is 0 Å². The van der Waals surface area contributed by atoms with Crippen LogP contribution in [0.3, 0.4) is 0 Å². The molecule has 158 valence electrons. The molecule has 5 heteroatoms. The first-order valence-electron chi connectivity index (χ1n) is 10.7. The fourth-order valence-corrected chi connectivity index (χ4v) is 4.80. The van der Waals surface area contributed by atoms with Crippen LogP contribution in [0.4, 0.5) is 0 Å². The van der Waals surface area contributed by atoms with Crippen LogP contribution < -0.4 is 5.43 Å². The lowest BCUT2D eigenvalue weighted by atomic mass is 9.65. The molecule has 4 atom stereocenters. The van der Waals surface area contributed by atoms with E-state index in [2.05, 4.69) is 5.43 Å². The van der Waals surface area contributed by atoms with Gasteiger partial charge < -0.3 is 0 Å². The minimum atomic E-state index is -0.686. The van der Waals surface area contributed by atoms with Crippen LogP contribution in [0.2, 0.25) is 0 Å². The van der Waals surface area contributed by atoms with E-state index in [1.807, 2.05) is 72.8 Å². The number of carbonyl (C=O) groups is 3. The van der Waals surface area contributed by atoms with Gasteiger partial charge in [0, 0.05) is 17.4 Å². The van der Waals surface area contributed by atoms with Gasteiger partial charge in [0.05, 0.1) is 11.8 Å². The molecule has 1 fully saturated rings. The standard InChI is InChI=1S/C27H22N2O3/c30-25-23-21(18-10-4-1-5-11-18)16-17-22(19-12-6-2-7-13-19)24(23)27(32)29(28-25)26(31)20-14-8-3-9-15-20/h1-17,21-24H,(H,28,30). The van der Waals surface area contributed by atoms with Gasteiger partial charge in [-0.3, -0.25) is 19.8 Å². The largest absolute Gasteiger partial charge is 0.279 e. The fraction of sp³-hybridized carbons (Fsp3) is 0.148. The lowest BCUT2D eigenvalue weighted by molar-refractivity contribution is -0.155. The molecule has 0 radical (unpaired) electrons. The number of nitrogens with one attached hydrogen (secondary N) is 1. The Kier molecular flexibility index (Phi) is 5.15. The predicted octanol–water partition coefficient (Wildman–Crippen LogP) is 4.07. The molecule has 1 saturated heterocycles. The van der Waals surface area contributed by atoms with Crippen LogP contribution in [0.5, 0.6) is 0 Å². The number of amides is 3. The molecule has 0 bridgehead atoms. The molecular weight excluding hydrogens is 400 g/mol. The number of benzene rings is 3. The average Bonchev–Trinajstić information content (AvgIpc) is 2.86. The third-order valence-electron chi connectivity index (χ3n) is 6.31. The number of hydrazine groups is 1. The first-order valence-corrected chi connectivity index (χ1v) is 10.7. The summed E-state index contributed by atoms with van der Waals surface area (Å²) >= 11 is 0. The molecule has 4 unspecified atom stereocenters. The van der Waals surface area contributed by atoms with Crippen LogP contribution in [0.15, 0.2) is 103 Å². The van der Waals surface area contributed by atoms with Crippen molar-refractivity contribution in [2.45, 2.75) is 11.8 Å². The first kappa shape index (κ1) is 19.9. The van der Waals surface area contributed by atoms with Crippen molar-refractivity contribution in [3.05, 3.63) is 120 Å². The molecule has 1 aliphatic carbocycles. The second-order valence-corrected chi connectivity index (χ2v) is 8.13. The van der Waals surface area contributed by atoms with Crippen molar-refractivity contribution in [3.63, 3.8) is 0 Å². The Balaban J connectivity index is 1.58. The lowest BCUT2D eigenvalue weighted by Crippen LogP contribution is -2.63. The van der Waals surface area contributed by atoms with Crippen molar-refractivity contribution in [2.75, 3.05) is 0 Å². The van der Waals surface area contributed by atoms with Gasteiger partial charge >= 0.3 is 0 Å². The van der Waals surface area contributed by atoms with E-state index in [0.717, 1.165) is 16.1 Å². The summed E-state index contributed by atoms with van der Waals surface area (Å²) in [4.78, 5) is 40.2. The molecule has 2 aliphatic rings. The zero-order valence-electron chi connectivity index (χ0n) is 17.3. The second kappa shape index (κ2) is 8.27. The minimum Gasteiger partial charge on any atom is -0.273 e. The molecule has 3 aromatic rings. The maximum Gasteiger partial charge on any atom is 0.279 e. The molecule has 1 aliphatic heterocycles. The van der Waals surface area contributed by atoms with Crippen molar-refractivity contribution >= 4 is 17.7 Å². The zero-order chi connectivity index (χ0) is 22.1. The fourth-order valence-electron chi connectivity index (χ4n) is 4.80. The Morgan fingerprint density at radius 1 is 0.656 bits per heavy atom. The number of hydrogen-bond acceptors (Lipinski definition) is 3. The van der Waals surface area contributed by atoms with Gasteiger partial charge in [0.1, 0.15) is 0 Å². The predicted molar refractivity (Wildman–Crippen MR) is 120 cm³/mol. The third kappa shape index (κ3) is 3.42. The van der Waals surface area contributed by atoms with E-state index in [1.165, 1.54) is 0 Å². The number of hydrogen-bond donors (Lipinski definition) is 1. The summed E-state index contributed by atoms with van der Waals surface area (Å²) in [6, 6.07) is 27.9. The Bertz CT molecular complexity index is 1180. The lowest BCUT2D eigenvalue weighted by Gasteiger charge is -2.44. The van der Waals surface area contributed by atoms with Gasteiger partial charge in [-0.05, 0) is 23.3 Å². The van der Waals surface area contributed by atoms with Crippen LogP contribution in [0.1, 0.15) is 33.3 Å². The molecule has 1 N–H and O–H groups in total. The molecule has 3 amide bonds. The maximum atomic E-state index is 13.7. The molecule has 0 saturated carbocycles. The highest BCUT2D eigenvalue weighted by Crippen LogP contribution is 2.46. The normalized spacial score (nSPS) is 24.6. The number of allylic oxidation sites excluding steroid dienone is 2. The molecule has 0 spiro atoms. The number of carbonyl (C=O) groups excluding carboxylic acids is 3. The quantitative estimate of drug-likeness (QED) is 0.511. The second-order valence-electron chi connectivity index (χ2n) is 8.13. The molecular formula is C27H22N2O3. The van der Waals surface area contributed by atoms with E-state index in [1.54, 1.807) is 30.3 Å². The minimum absolute atomic E-state index is 0.251. The van der Waals surface area contributed by atoms with Gasteiger partial charge in [0.25, 0.3) is 11.8 Å². The van der Waals surface area contributed by atoms with Crippen LogP contribution >= 0.6 is 0 Å². The summed E-state index contributed by atoms with van der Waals surface area (Å²) in [5.41, 5.74) is 4.86. The monoisotopic (exact) mass is 422 g/mol. The average molecular weight is 422 g/mol. The van der Waals surface area contributed by atoms with Crippen LogP contribution in [-0.2, 0) is 9.59 Å². The molecule has 5 nitrogen and oxygen atoms in total. The first-order chi connectivity index (χ1) is 15.6. The van der Waals surface area contributed by atoms with E-state index in [-0.39, 0.29) is 23.7 Å². The number of fused-ring (bicyclic) bond motifs is 1. The zero-order valence-corrected chi connectivity index (χ0v) is 17.3. The Morgan fingerprint density at radius 3 is 1.66 bits per heavy atom. The van der Waals surface area contributed by atoms with Crippen LogP contribution in [-0.4, -0.2) is 22.7 Å². The van der Waals surface area contributed by atoms with Gasteiger partial charge in [0.2, 0.25) is 5.91 Å². The van der Waals surface area contributed by atoms with E-state index in [4.69, 9.17) is 0 Å². The van der Waals surface area contributed by atoms with Crippen molar-refractivity contribution in [2.24, 2.45) is 11.8 Å². The topological polar surface area (TPSA) is 66.5 Å². The van der Waals surface area contributed by atoms with Gasteiger partial charge in [-0.2, -0.15) is 5.01 Å². The number of imide groups is 1. The number of rotatable bonds is 3. The Labute approximate surface area is 186 Å².